The van der Waals surface area contributed by atoms with Crippen molar-refractivity contribution in [2.24, 2.45) is 0 Å². The first-order chi connectivity index (χ1) is 12.7. The van der Waals surface area contributed by atoms with Crippen molar-refractivity contribution in [3.63, 3.8) is 0 Å². The van der Waals surface area contributed by atoms with Crippen LogP contribution < -0.4 is 10.3 Å². The summed E-state index contributed by atoms with van der Waals surface area (Å²) in [5, 5.41) is 4.67. The zero-order chi connectivity index (χ0) is 18.1. The minimum atomic E-state index is -0.138. The highest BCUT2D eigenvalue weighted by molar-refractivity contribution is 5.83. The van der Waals surface area contributed by atoms with Gasteiger partial charge in [-0.3, -0.25) is 4.79 Å². The van der Waals surface area contributed by atoms with Crippen molar-refractivity contribution in [2.75, 3.05) is 7.11 Å². The highest BCUT2D eigenvalue weighted by Crippen LogP contribution is 2.33. The van der Waals surface area contributed by atoms with Crippen molar-refractivity contribution in [1.29, 1.82) is 0 Å². The van der Waals surface area contributed by atoms with Gasteiger partial charge in [-0.2, -0.15) is 9.78 Å². The number of fused-ring (bicyclic) bond motifs is 1. The molecule has 0 atom stereocenters. The summed E-state index contributed by atoms with van der Waals surface area (Å²) in [6, 6.07) is 17.4. The summed E-state index contributed by atoms with van der Waals surface area (Å²) in [4.78, 5) is 16.2. The van der Waals surface area contributed by atoms with Gasteiger partial charge in [-0.1, -0.05) is 37.3 Å². The van der Waals surface area contributed by atoms with Gasteiger partial charge in [-0.05, 0) is 36.2 Å². The number of rotatable bonds is 4. The SMILES string of the molecule is CCc1[nH]cc2c(=O)n(-c3ccc(OC)cc3)nc-2c1-c1ccccc1. The Bertz CT molecular complexity index is 1060. The highest BCUT2D eigenvalue weighted by atomic mass is 16.5. The van der Waals surface area contributed by atoms with Crippen LogP contribution in [0, 0.1) is 0 Å². The Morgan fingerprint density at radius 3 is 2.46 bits per heavy atom. The quantitative estimate of drug-likeness (QED) is 0.610. The maximum absolute atomic E-state index is 12.9. The lowest BCUT2D eigenvalue weighted by atomic mass is 9.97. The molecule has 2 heterocycles. The van der Waals surface area contributed by atoms with E-state index in [2.05, 4.69) is 17.0 Å². The normalized spacial score (nSPS) is 11.0. The highest BCUT2D eigenvalue weighted by Gasteiger charge is 2.22. The third-order valence-corrected chi connectivity index (χ3v) is 4.54. The minimum absolute atomic E-state index is 0.138. The van der Waals surface area contributed by atoms with Crippen molar-refractivity contribution >= 4 is 0 Å². The first kappa shape index (κ1) is 16.1. The Kier molecular flexibility index (Phi) is 4.05. The van der Waals surface area contributed by atoms with E-state index in [1.54, 1.807) is 13.3 Å². The molecular formula is C21H19N3O2. The van der Waals surface area contributed by atoms with Crippen LogP contribution in [0.5, 0.6) is 5.75 Å². The number of pyridine rings is 1. The topological polar surface area (TPSA) is 59.9 Å². The lowest BCUT2D eigenvalue weighted by Gasteiger charge is -2.11. The molecule has 130 valence electrons. The summed E-state index contributed by atoms with van der Waals surface area (Å²) in [6.45, 7) is 2.09. The molecule has 0 aliphatic carbocycles. The third kappa shape index (κ3) is 2.58. The summed E-state index contributed by atoms with van der Waals surface area (Å²) in [5.41, 5.74) is 4.96. The second-order valence-corrected chi connectivity index (χ2v) is 6.04. The third-order valence-electron chi connectivity index (χ3n) is 4.54. The van der Waals surface area contributed by atoms with Crippen LogP contribution >= 0.6 is 0 Å². The van der Waals surface area contributed by atoms with Crippen LogP contribution in [-0.2, 0) is 6.42 Å². The summed E-state index contributed by atoms with van der Waals surface area (Å²) in [7, 11) is 1.62. The van der Waals surface area contributed by atoms with Crippen LogP contribution in [-0.4, -0.2) is 21.9 Å². The Labute approximate surface area is 151 Å². The summed E-state index contributed by atoms with van der Waals surface area (Å²) >= 11 is 0. The Balaban J connectivity index is 1.96. The Morgan fingerprint density at radius 1 is 1.08 bits per heavy atom. The molecule has 2 aliphatic heterocycles. The molecule has 26 heavy (non-hydrogen) atoms. The fraction of sp³-hybridized carbons (Fsp3) is 0.143. The number of nitrogens with zero attached hydrogens (tertiary/aromatic N) is 2. The van der Waals surface area contributed by atoms with Crippen LogP contribution in [0.2, 0.25) is 0 Å². The molecule has 1 N–H and O–H groups in total. The standard InChI is InChI=1S/C21H19N3O2/c1-3-18-19(14-7-5-4-6-8-14)20-17(13-22-18)21(25)24(23-20)15-9-11-16(26-2)12-10-15/h4-13,22H,3H2,1-2H3. The van der Waals surface area contributed by atoms with Gasteiger partial charge < -0.3 is 9.72 Å². The average molecular weight is 345 g/mol. The molecular weight excluding hydrogens is 326 g/mol. The van der Waals surface area contributed by atoms with Gasteiger partial charge in [0, 0.05) is 17.5 Å². The molecule has 0 amide bonds. The number of benzene rings is 2. The summed E-state index contributed by atoms with van der Waals surface area (Å²) in [6.07, 6.45) is 2.58. The fourth-order valence-electron chi connectivity index (χ4n) is 3.20. The predicted octanol–water partition coefficient (Wildman–Crippen LogP) is 3.90. The van der Waals surface area contributed by atoms with E-state index in [9.17, 15) is 4.79 Å². The molecule has 2 aromatic carbocycles. The average Bonchev–Trinajstić information content (AvgIpc) is 3.04. The van der Waals surface area contributed by atoms with Crippen molar-refractivity contribution in [2.45, 2.75) is 13.3 Å². The fourth-order valence-corrected chi connectivity index (χ4v) is 3.20. The first-order valence-electron chi connectivity index (χ1n) is 8.56. The van der Waals surface area contributed by atoms with Gasteiger partial charge in [0.2, 0.25) is 0 Å². The van der Waals surface area contributed by atoms with Gasteiger partial charge in [0.25, 0.3) is 5.56 Å². The molecule has 4 rings (SSSR count). The van der Waals surface area contributed by atoms with E-state index in [-0.39, 0.29) is 5.56 Å². The van der Waals surface area contributed by atoms with Crippen molar-refractivity contribution < 1.29 is 4.74 Å². The van der Waals surface area contributed by atoms with E-state index in [4.69, 9.17) is 4.74 Å². The van der Waals surface area contributed by atoms with Crippen LogP contribution in [0.1, 0.15) is 12.6 Å². The lowest BCUT2D eigenvalue weighted by molar-refractivity contribution is 0.414. The summed E-state index contributed by atoms with van der Waals surface area (Å²) in [5.74, 6) is 0.740. The second-order valence-electron chi connectivity index (χ2n) is 6.04. The number of aryl methyl sites for hydroxylation is 1. The molecule has 0 fully saturated rings. The molecule has 0 saturated heterocycles. The molecule has 0 bridgehead atoms. The number of ether oxygens (including phenoxy) is 1. The molecule has 0 unspecified atom stereocenters. The lowest BCUT2D eigenvalue weighted by Crippen LogP contribution is -2.14. The predicted molar refractivity (Wildman–Crippen MR) is 102 cm³/mol. The van der Waals surface area contributed by atoms with E-state index < -0.39 is 0 Å². The monoisotopic (exact) mass is 345 g/mol. The zero-order valence-electron chi connectivity index (χ0n) is 14.7. The van der Waals surface area contributed by atoms with Gasteiger partial charge in [0.05, 0.1) is 18.4 Å². The number of aromatic nitrogens is 3. The molecule has 2 aromatic rings. The zero-order valence-corrected chi connectivity index (χ0v) is 14.7. The number of hydrogen-bond acceptors (Lipinski definition) is 3. The van der Waals surface area contributed by atoms with E-state index in [0.29, 0.717) is 16.9 Å². The van der Waals surface area contributed by atoms with E-state index in [0.717, 1.165) is 29.0 Å². The maximum Gasteiger partial charge on any atom is 0.282 e. The Hall–Kier alpha value is -3.34. The van der Waals surface area contributed by atoms with E-state index in [1.807, 2.05) is 54.6 Å². The maximum atomic E-state index is 12.9. The molecule has 5 nitrogen and oxygen atoms in total. The molecule has 0 saturated carbocycles. The van der Waals surface area contributed by atoms with Crippen LogP contribution in [0.25, 0.3) is 28.1 Å². The minimum Gasteiger partial charge on any atom is -0.497 e. The first-order valence-corrected chi connectivity index (χ1v) is 8.56. The molecule has 0 radical (unpaired) electrons. The van der Waals surface area contributed by atoms with Crippen LogP contribution in [0.3, 0.4) is 0 Å². The number of H-pyrrole nitrogens is 1. The van der Waals surface area contributed by atoms with Gasteiger partial charge in [-0.15, -0.1) is 0 Å². The van der Waals surface area contributed by atoms with Gasteiger partial charge in [0.1, 0.15) is 11.4 Å². The smallest absolute Gasteiger partial charge is 0.282 e. The number of hydrogen-bond donors (Lipinski definition) is 1. The summed E-state index contributed by atoms with van der Waals surface area (Å²) < 4.78 is 6.64. The molecule has 2 aliphatic rings. The molecule has 0 spiro atoms. The van der Waals surface area contributed by atoms with Gasteiger partial charge in [0.15, 0.2) is 0 Å². The van der Waals surface area contributed by atoms with Gasteiger partial charge in [-0.25, -0.2) is 0 Å². The van der Waals surface area contributed by atoms with Crippen molar-refractivity contribution in [3.05, 3.63) is 76.8 Å². The van der Waals surface area contributed by atoms with Crippen molar-refractivity contribution in [3.8, 4) is 33.8 Å². The van der Waals surface area contributed by atoms with E-state index in [1.165, 1.54) is 4.68 Å². The molecule has 5 heteroatoms. The largest absolute Gasteiger partial charge is 0.497 e. The van der Waals surface area contributed by atoms with Gasteiger partial charge >= 0.3 is 0 Å². The van der Waals surface area contributed by atoms with Crippen molar-refractivity contribution in [1.82, 2.24) is 14.8 Å². The second kappa shape index (κ2) is 6.52. The number of aromatic amines is 1. The molecule has 0 aromatic heterocycles. The Morgan fingerprint density at radius 2 is 1.81 bits per heavy atom. The van der Waals surface area contributed by atoms with Crippen LogP contribution in [0.15, 0.2) is 65.6 Å². The van der Waals surface area contributed by atoms with E-state index >= 15 is 0 Å². The number of methoxy groups -OCH3 is 1. The van der Waals surface area contributed by atoms with Crippen LogP contribution in [0.4, 0.5) is 0 Å². The number of nitrogens with one attached hydrogen (secondary N) is 1.